The van der Waals surface area contributed by atoms with Crippen LogP contribution in [-0.4, -0.2) is 40.4 Å². The number of ether oxygens (including phenoxy) is 2. The minimum absolute atomic E-state index is 0.0165. The van der Waals surface area contributed by atoms with Crippen LogP contribution >= 0.6 is 0 Å². The quantitative estimate of drug-likeness (QED) is 0.330. The minimum atomic E-state index is -0.687. The van der Waals surface area contributed by atoms with Crippen LogP contribution in [0.15, 0.2) is 48.0 Å². The lowest BCUT2D eigenvalue weighted by atomic mass is 9.94. The van der Waals surface area contributed by atoms with Crippen LogP contribution in [0, 0.1) is 6.92 Å². The van der Waals surface area contributed by atoms with Crippen molar-refractivity contribution in [3.8, 4) is 11.5 Å². The van der Waals surface area contributed by atoms with Crippen molar-refractivity contribution < 1.29 is 24.2 Å². The highest BCUT2D eigenvalue weighted by Gasteiger charge is 2.45. The van der Waals surface area contributed by atoms with E-state index in [9.17, 15) is 14.7 Å². The van der Waals surface area contributed by atoms with Crippen molar-refractivity contribution >= 4 is 17.4 Å². The van der Waals surface area contributed by atoms with Gasteiger partial charge in [0.05, 0.1) is 23.8 Å². The van der Waals surface area contributed by atoms with Gasteiger partial charge in [0, 0.05) is 12.1 Å². The predicted molar refractivity (Wildman–Crippen MR) is 128 cm³/mol. The number of likely N-dealkylation sites (tertiary alicyclic amines) is 1. The van der Waals surface area contributed by atoms with Gasteiger partial charge in [-0.2, -0.15) is 0 Å². The highest BCUT2D eigenvalue weighted by Crippen LogP contribution is 2.40. The van der Waals surface area contributed by atoms with E-state index >= 15 is 0 Å². The number of carbonyl (C=O) groups is 2. The molecule has 1 aliphatic rings. The molecule has 1 amide bonds. The summed E-state index contributed by atoms with van der Waals surface area (Å²) < 4.78 is 11.6. The summed E-state index contributed by atoms with van der Waals surface area (Å²) in [5, 5.41) is 11.2. The molecular formula is C27H33NO5. The van der Waals surface area contributed by atoms with Crippen LogP contribution in [0.2, 0.25) is 0 Å². The van der Waals surface area contributed by atoms with Crippen molar-refractivity contribution in [3.05, 3.63) is 64.7 Å². The summed E-state index contributed by atoms with van der Waals surface area (Å²) in [5.41, 5.74) is 2.11. The Labute approximate surface area is 195 Å². The number of rotatable bonds is 8. The molecule has 6 heteroatoms. The van der Waals surface area contributed by atoms with Gasteiger partial charge in [-0.25, -0.2) is 0 Å². The van der Waals surface area contributed by atoms with Crippen LogP contribution < -0.4 is 9.47 Å². The fraction of sp³-hybridized carbons (Fsp3) is 0.407. The maximum Gasteiger partial charge on any atom is 0.295 e. The first kappa shape index (κ1) is 24.4. The fourth-order valence-corrected chi connectivity index (χ4v) is 4.07. The van der Waals surface area contributed by atoms with Gasteiger partial charge < -0.3 is 19.5 Å². The number of nitrogens with zero attached hydrogens (tertiary/aromatic N) is 1. The first-order valence-corrected chi connectivity index (χ1v) is 11.5. The first-order valence-electron chi connectivity index (χ1n) is 11.5. The van der Waals surface area contributed by atoms with Crippen LogP contribution in [-0.2, 0) is 9.59 Å². The average Bonchev–Trinajstić information content (AvgIpc) is 2.99. The molecule has 1 N–H and O–H groups in total. The molecule has 176 valence electrons. The Bertz CT molecular complexity index is 1070. The molecule has 0 saturated carbocycles. The van der Waals surface area contributed by atoms with Crippen molar-refractivity contribution in [3.63, 3.8) is 0 Å². The van der Waals surface area contributed by atoms with Crippen LogP contribution in [0.3, 0.4) is 0 Å². The topological polar surface area (TPSA) is 76.1 Å². The third-order valence-corrected chi connectivity index (χ3v) is 5.36. The molecule has 33 heavy (non-hydrogen) atoms. The average molecular weight is 452 g/mol. The molecule has 0 bridgehead atoms. The standard InChI is InChI=1S/C27H33NO5/c1-7-13-28-24(19-9-8-10-21(15-19)32-16(2)3)23(26(30)27(28)31)25(29)20-11-12-22(18(6)14-20)33-17(4)5/h8-12,14-17,24,29H,7,13H2,1-6H3/b25-23+. The zero-order valence-corrected chi connectivity index (χ0v) is 20.2. The lowest BCUT2D eigenvalue weighted by Crippen LogP contribution is -2.30. The number of aryl methyl sites for hydroxylation is 1. The molecule has 0 radical (unpaired) electrons. The summed E-state index contributed by atoms with van der Waals surface area (Å²) in [6, 6.07) is 11.9. The van der Waals surface area contributed by atoms with E-state index in [0.717, 1.165) is 11.1 Å². The molecule has 2 aromatic rings. The molecule has 1 fully saturated rings. The molecule has 1 saturated heterocycles. The van der Waals surface area contributed by atoms with E-state index in [1.54, 1.807) is 18.2 Å². The number of ketones is 1. The van der Waals surface area contributed by atoms with Crippen LogP contribution in [0.1, 0.15) is 63.8 Å². The second-order valence-electron chi connectivity index (χ2n) is 8.88. The number of hydrogen-bond acceptors (Lipinski definition) is 5. The van der Waals surface area contributed by atoms with Gasteiger partial charge in [-0.3, -0.25) is 9.59 Å². The maximum atomic E-state index is 13.1. The van der Waals surface area contributed by atoms with Gasteiger partial charge in [0.2, 0.25) is 0 Å². The van der Waals surface area contributed by atoms with Crippen molar-refractivity contribution in [2.75, 3.05) is 6.54 Å². The Balaban J connectivity index is 2.13. The summed E-state index contributed by atoms with van der Waals surface area (Å²) in [4.78, 5) is 27.5. The molecule has 0 aromatic heterocycles. The van der Waals surface area contributed by atoms with Gasteiger partial charge in [-0.15, -0.1) is 0 Å². The lowest BCUT2D eigenvalue weighted by Gasteiger charge is -2.25. The van der Waals surface area contributed by atoms with E-state index < -0.39 is 17.7 Å². The second kappa shape index (κ2) is 10.1. The highest BCUT2D eigenvalue weighted by molar-refractivity contribution is 6.46. The maximum absolute atomic E-state index is 13.1. The zero-order chi connectivity index (χ0) is 24.3. The van der Waals surface area contributed by atoms with E-state index in [1.165, 1.54) is 4.90 Å². The van der Waals surface area contributed by atoms with Crippen molar-refractivity contribution in [2.45, 2.75) is 66.2 Å². The summed E-state index contributed by atoms with van der Waals surface area (Å²) in [6.07, 6.45) is 0.686. The van der Waals surface area contributed by atoms with Gasteiger partial charge in [-0.05, 0) is 82.5 Å². The number of amides is 1. The third-order valence-electron chi connectivity index (χ3n) is 5.36. The molecule has 1 aliphatic heterocycles. The molecule has 1 heterocycles. The van der Waals surface area contributed by atoms with E-state index in [4.69, 9.17) is 9.47 Å². The second-order valence-corrected chi connectivity index (χ2v) is 8.88. The summed E-state index contributed by atoms with van der Waals surface area (Å²) in [5.74, 6) is -0.110. The minimum Gasteiger partial charge on any atom is -0.507 e. The summed E-state index contributed by atoms with van der Waals surface area (Å²) in [7, 11) is 0. The number of carbonyl (C=O) groups excluding carboxylic acids is 2. The summed E-state index contributed by atoms with van der Waals surface area (Å²) in [6.45, 7) is 12.0. The van der Waals surface area contributed by atoms with E-state index in [-0.39, 0.29) is 23.5 Å². The van der Waals surface area contributed by atoms with Crippen molar-refractivity contribution in [1.29, 1.82) is 0 Å². The molecular weight excluding hydrogens is 418 g/mol. The molecule has 3 rings (SSSR count). The van der Waals surface area contributed by atoms with Gasteiger partial charge in [0.15, 0.2) is 0 Å². The summed E-state index contributed by atoms with van der Waals surface area (Å²) >= 11 is 0. The lowest BCUT2D eigenvalue weighted by molar-refractivity contribution is -0.139. The molecule has 1 atom stereocenters. The monoisotopic (exact) mass is 451 g/mol. The number of Topliss-reactive ketones (excluding diaryl/α,β-unsaturated/α-hetero) is 1. The van der Waals surface area contributed by atoms with Gasteiger partial charge in [0.1, 0.15) is 17.3 Å². The van der Waals surface area contributed by atoms with Crippen LogP contribution in [0.5, 0.6) is 11.5 Å². The smallest absolute Gasteiger partial charge is 0.295 e. The van der Waals surface area contributed by atoms with Gasteiger partial charge >= 0.3 is 0 Å². The van der Waals surface area contributed by atoms with Crippen molar-refractivity contribution in [1.82, 2.24) is 4.90 Å². The number of benzene rings is 2. The van der Waals surface area contributed by atoms with Crippen LogP contribution in [0.4, 0.5) is 0 Å². The largest absolute Gasteiger partial charge is 0.507 e. The Morgan fingerprint density at radius 2 is 1.73 bits per heavy atom. The molecule has 0 spiro atoms. The Morgan fingerprint density at radius 1 is 1.03 bits per heavy atom. The Kier molecular flexibility index (Phi) is 7.46. The van der Waals surface area contributed by atoms with Crippen LogP contribution in [0.25, 0.3) is 5.76 Å². The predicted octanol–water partition coefficient (Wildman–Crippen LogP) is 5.40. The fourth-order valence-electron chi connectivity index (χ4n) is 4.07. The van der Waals surface area contributed by atoms with Gasteiger partial charge in [0.25, 0.3) is 11.7 Å². The molecule has 6 nitrogen and oxygen atoms in total. The SMILES string of the molecule is CCCN1C(=O)C(=O)/C(=C(/O)c2ccc(OC(C)C)c(C)c2)C1c1cccc(OC(C)C)c1. The van der Waals surface area contributed by atoms with E-state index in [1.807, 2.05) is 65.8 Å². The molecule has 1 unspecified atom stereocenters. The highest BCUT2D eigenvalue weighted by atomic mass is 16.5. The molecule has 2 aromatic carbocycles. The first-order chi connectivity index (χ1) is 15.6. The van der Waals surface area contributed by atoms with Gasteiger partial charge in [-0.1, -0.05) is 19.1 Å². The third kappa shape index (κ3) is 5.21. The number of hydrogen-bond donors (Lipinski definition) is 1. The number of aliphatic hydroxyl groups is 1. The normalized spacial score (nSPS) is 17.8. The van der Waals surface area contributed by atoms with E-state index in [2.05, 4.69) is 0 Å². The Hall–Kier alpha value is -3.28. The number of aliphatic hydroxyl groups excluding tert-OH is 1. The molecule has 0 aliphatic carbocycles. The Morgan fingerprint density at radius 3 is 2.33 bits per heavy atom. The zero-order valence-electron chi connectivity index (χ0n) is 20.2. The van der Waals surface area contributed by atoms with Crippen molar-refractivity contribution in [2.24, 2.45) is 0 Å². The van der Waals surface area contributed by atoms with E-state index in [0.29, 0.717) is 30.0 Å².